The number of carbonyl (C=O) groups is 2. The Hall–Kier alpha value is -3.78. The number of aromatic nitrogens is 2. The molecule has 0 unspecified atom stereocenters. The lowest BCUT2D eigenvalue weighted by atomic mass is 10.1. The summed E-state index contributed by atoms with van der Waals surface area (Å²) >= 11 is 1.55. The van der Waals surface area contributed by atoms with E-state index in [0.717, 1.165) is 17.7 Å². The molecular weight excluding hydrogens is 424 g/mol. The van der Waals surface area contributed by atoms with Gasteiger partial charge in [-0.2, -0.15) is 11.3 Å². The lowest BCUT2D eigenvalue weighted by Crippen LogP contribution is -2.28. The van der Waals surface area contributed by atoms with Gasteiger partial charge in [-0.1, -0.05) is 18.2 Å². The topological polar surface area (TPSA) is 88.3 Å². The number of hydrogen-bond acceptors (Lipinski definition) is 6. The second kappa shape index (κ2) is 8.76. The highest BCUT2D eigenvalue weighted by Crippen LogP contribution is 2.29. The van der Waals surface area contributed by atoms with Crippen molar-refractivity contribution < 1.29 is 14.0 Å². The molecule has 0 atom stereocenters. The highest BCUT2D eigenvalue weighted by atomic mass is 32.1. The van der Waals surface area contributed by atoms with Crippen molar-refractivity contribution in [1.82, 2.24) is 10.2 Å². The van der Waals surface area contributed by atoms with E-state index in [2.05, 4.69) is 21.6 Å². The monoisotopic (exact) mass is 444 g/mol. The lowest BCUT2D eigenvalue weighted by Gasteiger charge is -2.17. The van der Waals surface area contributed by atoms with Gasteiger partial charge in [-0.15, -0.1) is 10.2 Å². The third-order valence-electron chi connectivity index (χ3n) is 5.35. The summed E-state index contributed by atoms with van der Waals surface area (Å²) in [7, 11) is 0. The van der Waals surface area contributed by atoms with E-state index in [9.17, 15) is 9.59 Å². The molecule has 5 rings (SSSR count). The molecule has 0 fully saturated rings. The quantitative estimate of drug-likeness (QED) is 0.471. The number of fused-ring (bicyclic) bond motifs is 1. The maximum absolute atomic E-state index is 12.9. The molecule has 0 saturated carbocycles. The number of carbonyl (C=O) groups excluding carboxylic acids is 2. The molecule has 160 valence electrons. The lowest BCUT2D eigenvalue weighted by molar-refractivity contribution is -0.116. The van der Waals surface area contributed by atoms with Crippen molar-refractivity contribution in [3.8, 4) is 11.5 Å². The largest absolute Gasteiger partial charge is 0.421 e. The van der Waals surface area contributed by atoms with Crippen LogP contribution in [0.1, 0.15) is 28.2 Å². The minimum atomic E-state index is -0.159. The van der Waals surface area contributed by atoms with Crippen LogP contribution in [0.3, 0.4) is 0 Å². The Morgan fingerprint density at radius 1 is 1.06 bits per heavy atom. The second-order valence-electron chi connectivity index (χ2n) is 7.47. The van der Waals surface area contributed by atoms with Gasteiger partial charge in [0.15, 0.2) is 0 Å². The minimum Gasteiger partial charge on any atom is -0.421 e. The maximum atomic E-state index is 12.9. The van der Waals surface area contributed by atoms with Gasteiger partial charge < -0.3 is 14.6 Å². The standard InChI is InChI=1S/C24H20N4O3S/c29-21(9-10-22-26-27-23(31-22)18-12-14-32-15-18)25-19-7-5-17(6-8-19)24(30)28-13-11-16-3-1-2-4-20(16)28/h1-8,12,14-15H,9-11,13H2,(H,25,29). The number of benzene rings is 2. The number of hydrogen-bond donors (Lipinski definition) is 1. The summed E-state index contributed by atoms with van der Waals surface area (Å²) in [5.41, 5.74) is 4.26. The highest BCUT2D eigenvalue weighted by molar-refractivity contribution is 7.08. The van der Waals surface area contributed by atoms with E-state index in [0.29, 0.717) is 36.0 Å². The molecule has 0 bridgehead atoms. The fourth-order valence-corrected chi connectivity index (χ4v) is 4.33. The van der Waals surface area contributed by atoms with Crippen molar-refractivity contribution >= 4 is 34.5 Å². The average molecular weight is 445 g/mol. The Bertz CT molecular complexity index is 1250. The number of aryl methyl sites for hydroxylation is 1. The zero-order valence-corrected chi connectivity index (χ0v) is 18.0. The number of anilines is 2. The predicted molar refractivity (Wildman–Crippen MR) is 123 cm³/mol. The van der Waals surface area contributed by atoms with Crippen molar-refractivity contribution in [3.05, 3.63) is 82.4 Å². The predicted octanol–water partition coefficient (Wildman–Crippen LogP) is 4.57. The van der Waals surface area contributed by atoms with Gasteiger partial charge in [0.25, 0.3) is 5.91 Å². The van der Waals surface area contributed by atoms with Crippen molar-refractivity contribution in [2.24, 2.45) is 0 Å². The number of amides is 2. The summed E-state index contributed by atoms with van der Waals surface area (Å²) in [4.78, 5) is 27.0. The van der Waals surface area contributed by atoms with Gasteiger partial charge in [0.1, 0.15) is 0 Å². The van der Waals surface area contributed by atoms with E-state index in [-0.39, 0.29) is 18.2 Å². The van der Waals surface area contributed by atoms with E-state index in [1.54, 1.807) is 40.5 Å². The number of nitrogens with zero attached hydrogens (tertiary/aromatic N) is 3. The van der Waals surface area contributed by atoms with Crippen LogP contribution < -0.4 is 10.2 Å². The number of thiophene rings is 1. The Balaban J connectivity index is 1.16. The number of para-hydroxylation sites is 1. The van der Waals surface area contributed by atoms with Crippen molar-refractivity contribution in [2.45, 2.75) is 19.3 Å². The summed E-state index contributed by atoms with van der Waals surface area (Å²) in [6, 6.07) is 16.8. The molecule has 1 aliphatic rings. The van der Waals surface area contributed by atoms with E-state index < -0.39 is 0 Å². The van der Waals surface area contributed by atoms with Crippen molar-refractivity contribution in [1.29, 1.82) is 0 Å². The zero-order valence-electron chi connectivity index (χ0n) is 17.2. The van der Waals surface area contributed by atoms with Gasteiger partial charge in [-0.05, 0) is 53.8 Å². The summed E-state index contributed by atoms with van der Waals surface area (Å²) < 4.78 is 5.61. The molecule has 0 saturated heterocycles. The Labute approximate surface area is 188 Å². The normalized spacial score (nSPS) is 12.6. The van der Waals surface area contributed by atoms with Gasteiger partial charge in [0, 0.05) is 47.3 Å². The van der Waals surface area contributed by atoms with Crippen LogP contribution in [0.2, 0.25) is 0 Å². The average Bonchev–Trinajstić information content (AvgIpc) is 3.58. The zero-order chi connectivity index (χ0) is 21.9. The first-order valence-corrected chi connectivity index (χ1v) is 11.3. The molecule has 7 nitrogen and oxygen atoms in total. The van der Waals surface area contributed by atoms with E-state index in [1.165, 1.54) is 5.56 Å². The molecule has 1 aliphatic heterocycles. The molecule has 4 aromatic rings. The summed E-state index contributed by atoms with van der Waals surface area (Å²) in [6.45, 7) is 0.681. The van der Waals surface area contributed by atoms with Gasteiger partial charge in [0.05, 0.1) is 0 Å². The molecule has 2 aromatic heterocycles. The van der Waals surface area contributed by atoms with Crippen molar-refractivity contribution in [2.75, 3.05) is 16.8 Å². The minimum absolute atomic E-state index is 0.0364. The molecule has 0 aliphatic carbocycles. The number of rotatable bonds is 6. The molecule has 2 aromatic carbocycles. The molecule has 32 heavy (non-hydrogen) atoms. The second-order valence-corrected chi connectivity index (χ2v) is 8.25. The van der Waals surface area contributed by atoms with Crippen LogP contribution in [0.4, 0.5) is 11.4 Å². The van der Waals surface area contributed by atoms with Gasteiger partial charge in [0.2, 0.25) is 17.7 Å². The van der Waals surface area contributed by atoms with Crippen LogP contribution in [-0.2, 0) is 17.6 Å². The number of nitrogens with one attached hydrogen (secondary N) is 1. The van der Waals surface area contributed by atoms with E-state index in [1.807, 2.05) is 35.0 Å². The first-order chi connectivity index (χ1) is 15.7. The summed E-state index contributed by atoms with van der Waals surface area (Å²) in [6.07, 6.45) is 1.44. The third kappa shape index (κ3) is 4.17. The Kier molecular flexibility index (Phi) is 5.51. The molecule has 0 spiro atoms. The smallest absolute Gasteiger partial charge is 0.258 e. The molecule has 8 heteroatoms. The summed E-state index contributed by atoms with van der Waals surface area (Å²) in [5, 5.41) is 14.7. The van der Waals surface area contributed by atoms with Crippen LogP contribution in [0.25, 0.3) is 11.5 Å². The summed E-state index contributed by atoms with van der Waals surface area (Å²) in [5.74, 6) is 0.689. The molecule has 1 N–H and O–H groups in total. The fourth-order valence-electron chi connectivity index (χ4n) is 3.70. The molecular formula is C24H20N4O3S. The third-order valence-corrected chi connectivity index (χ3v) is 6.03. The van der Waals surface area contributed by atoms with Gasteiger partial charge in [-0.25, -0.2) is 0 Å². The van der Waals surface area contributed by atoms with E-state index in [4.69, 9.17) is 4.42 Å². The first-order valence-electron chi connectivity index (χ1n) is 10.3. The Morgan fingerprint density at radius 2 is 1.91 bits per heavy atom. The van der Waals surface area contributed by atoms with Gasteiger partial charge >= 0.3 is 0 Å². The van der Waals surface area contributed by atoms with Crippen LogP contribution >= 0.6 is 11.3 Å². The Morgan fingerprint density at radius 3 is 2.72 bits per heavy atom. The SMILES string of the molecule is O=C(CCc1nnc(-c2ccsc2)o1)Nc1ccc(C(=O)N2CCc3ccccc32)cc1. The molecule has 2 amide bonds. The van der Waals surface area contributed by atoms with E-state index >= 15 is 0 Å². The fraction of sp³-hybridized carbons (Fsp3) is 0.167. The van der Waals surface area contributed by atoms with Crippen molar-refractivity contribution in [3.63, 3.8) is 0 Å². The molecule has 3 heterocycles. The molecule has 0 radical (unpaired) electrons. The van der Waals surface area contributed by atoms with Crippen LogP contribution in [0.15, 0.2) is 69.8 Å². The first kappa shape index (κ1) is 20.1. The van der Waals surface area contributed by atoms with Crippen LogP contribution in [0.5, 0.6) is 0 Å². The maximum Gasteiger partial charge on any atom is 0.258 e. The van der Waals surface area contributed by atoms with Crippen LogP contribution in [0, 0.1) is 0 Å². The van der Waals surface area contributed by atoms with Crippen LogP contribution in [-0.4, -0.2) is 28.6 Å². The van der Waals surface area contributed by atoms with Gasteiger partial charge in [-0.3, -0.25) is 9.59 Å². The highest BCUT2D eigenvalue weighted by Gasteiger charge is 2.25.